The fourth-order valence-corrected chi connectivity index (χ4v) is 1.61. The number of nitrogens with two attached hydrogens (primary N) is 1. The smallest absolute Gasteiger partial charge is 0.189 e. The highest BCUT2D eigenvalue weighted by Gasteiger charge is 2.02. The van der Waals surface area contributed by atoms with Crippen molar-refractivity contribution in [2.45, 2.75) is 32.9 Å². The van der Waals surface area contributed by atoms with Crippen LogP contribution in [0, 0.1) is 5.82 Å². The van der Waals surface area contributed by atoms with Gasteiger partial charge in [0.05, 0.1) is 6.54 Å². The quantitative estimate of drug-likeness (QED) is 0.437. The minimum atomic E-state index is -0.271. The van der Waals surface area contributed by atoms with E-state index in [1.165, 1.54) is 12.1 Å². The number of rotatable bonds is 4. The van der Waals surface area contributed by atoms with E-state index in [-0.39, 0.29) is 35.8 Å². The number of aliphatic imine (C=N–C) groups is 1. The molecule has 0 fully saturated rings. The van der Waals surface area contributed by atoms with Crippen LogP contribution in [0.1, 0.15) is 25.8 Å². The molecule has 0 aliphatic rings. The Labute approximate surface area is 133 Å². The molecule has 0 saturated heterocycles. The first-order chi connectivity index (χ1) is 8.02. The third-order valence-electron chi connectivity index (χ3n) is 2.43. The Bertz CT molecular complexity index is 412. The number of hydrogen-bond acceptors (Lipinski definition) is 1. The Balaban J connectivity index is 0.00000289. The first-order valence-electron chi connectivity index (χ1n) is 5.53. The molecular weight excluding hydrogens is 412 g/mol. The van der Waals surface area contributed by atoms with Gasteiger partial charge in [-0.3, -0.25) is 0 Å². The summed E-state index contributed by atoms with van der Waals surface area (Å²) in [5.41, 5.74) is 6.49. The fraction of sp³-hybridized carbons (Fsp3) is 0.417. The standard InChI is InChI=1S/C12H17BrFN3.HI/c1-3-8(2)17-12(15)16-7-9-6-10(14)4-5-11(9)13;/h4-6,8H,3,7H2,1-2H3,(H3,15,16,17);1H. The molecule has 0 bridgehead atoms. The normalized spacial score (nSPS) is 12.8. The maximum atomic E-state index is 13.0. The first kappa shape index (κ1) is 17.6. The van der Waals surface area contributed by atoms with Gasteiger partial charge in [0, 0.05) is 10.5 Å². The Kier molecular flexibility index (Phi) is 8.51. The Morgan fingerprint density at radius 2 is 2.22 bits per heavy atom. The third kappa shape index (κ3) is 5.99. The summed E-state index contributed by atoms with van der Waals surface area (Å²) >= 11 is 3.35. The van der Waals surface area contributed by atoms with Crippen LogP contribution >= 0.6 is 39.9 Å². The Morgan fingerprint density at radius 3 is 2.83 bits per heavy atom. The van der Waals surface area contributed by atoms with E-state index >= 15 is 0 Å². The van der Waals surface area contributed by atoms with Crippen LogP contribution in [-0.2, 0) is 6.54 Å². The summed E-state index contributed by atoms with van der Waals surface area (Å²) < 4.78 is 13.9. The molecule has 0 aliphatic carbocycles. The van der Waals surface area contributed by atoms with Crippen LogP contribution in [0.15, 0.2) is 27.7 Å². The van der Waals surface area contributed by atoms with Crippen molar-refractivity contribution in [3.05, 3.63) is 34.1 Å². The van der Waals surface area contributed by atoms with Gasteiger partial charge in [0.1, 0.15) is 5.82 Å². The summed E-state index contributed by atoms with van der Waals surface area (Å²) in [6.45, 7) is 4.45. The molecule has 18 heavy (non-hydrogen) atoms. The molecule has 1 atom stereocenters. The van der Waals surface area contributed by atoms with Gasteiger partial charge in [0.2, 0.25) is 0 Å². The molecule has 0 saturated carbocycles. The van der Waals surface area contributed by atoms with Crippen molar-refractivity contribution < 1.29 is 4.39 Å². The molecular formula is C12H18BrFIN3. The molecule has 1 unspecified atom stereocenters. The predicted octanol–water partition coefficient (Wildman–Crippen LogP) is 3.41. The molecule has 0 aliphatic heterocycles. The summed E-state index contributed by atoms with van der Waals surface area (Å²) in [6, 6.07) is 4.80. The van der Waals surface area contributed by atoms with Gasteiger partial charge in [0.15, 0.2) is 5.96 Å². The van der Waals surface area contributed by atoms with Gasteiger partial charge in [-0.1, -0.05) is 22.9 Å². The molecule has 6 heteroatoms. The molecule has 1 rings (SSSR count). The summed E-state index contributed by atoms with van der Waals surface area (Å²) in [5, 5.41) is 3.05. The second-order valence-electron chi connectivity index (χ2n) is 3.89. The number of nitrogens with zero attached hydrogens (tertiary/aromatic N) is 1. The summed E-state index contributed by atoms with van der Waals surface area (Å²) in [7, 11) is 0. The second kappa shape index (κ2) is 8.68. The second-order valence-corrected chi connectivity index (χ2v) is 4.75. The number of benzene rings is 1. The lowest BCUT2D eigenvalue weighted by molar-refractivity contribution is 0.624. The van der Waals surface area contributed by atoms with E-state index in [0.717, 1.165) is 16.5 Å². The highest BCUT2D eigenvalue weighted by Crippen LogP contribution is 2.18. The number of guanidine groups is 1. The van der Waals surface area contributed by atoms with E-state index < -0.39 is 0 Å². The zero-order valence-electron chi connectivity index (χ0n) is 10.4. The number of hydrogen-bond donors (Lipinski definition) is 2. The Hall–Kier alpha value is -0.370. The number of halogens is 3. The van der Waals surface area contributed by atoms with Crippen LogP contribution in [0.5, 0.6) is 0 Å². The average Bonchev–Trinajstić information content (AvgIpc) is 2.30. The van der Waals surface area contributed by atoms with Crippen LogP contribution in [0.3, 0.4) is 0 Å². The maximum absolute atomic E-state index is 13.0. The molecule has 0 aromatic heterocycles. The maximum Gasteiger partial charge on any atom is 0.189 e. The molecule has 3 nitrogen and oxygen atoms in total. The molecule has 102 valence electrons. The lowest BCUT2D eigenvalue weighted by Gasteiger charge is -2.11. The van der Waals surface area contributed by atoms with E-state index in [1.807, 2.05) is 6.92 Å². The van der Waals surface area contributed by atoms with Gasteiger partial charge in [-0.15, -0.1) is 24.0 Å². The molecule has 0 amide bonds. The SMILES string of the molecule is CCC(C)NC(N)=NCc1cc(F)ccc1Br.I. The predicted molar refractivity (Wildman–Crippen MR) is 87.7 cm³/mol. The topological polar surface area (TPSA) is 50.4 Å². The van der Waals surface area contributed by atoms with Gasteiger partial charge >= 0.3 is 0 Å². The lowest BCUT2D eigenvalue weighted by atomic mass is 10.2. The van der Waals surface area contributed by atoms with Gasteiger partial charge in [-0.05, 0) is 37.1 Å². The van der Waals surface area contributed by atoms with E-state index in [2.05, 4.69) is 33.2 Å². The van der Waals surface area contributed by atoms with Crippen LogP contribution in [0.4, 0.5) is 4.39 Å². The van der Waals surface area contributed by atoms with Crippen molar-refractivity contribution in [1.82, 2.24) is 5.32 Å². The van der Waals surface area contributed by atoms with Crippen molar-refractivity contribution in [1.29, 1.82) is 0 Å². The van der Waals surface area contributed by atoms with Crippen LogP contribution in [0.25, 0.3) is 0 Å². The summed E-state index contributed by atoms with van der Waals surface area (Å²) in [4.78, 5) is 4.17. The van der Waals surface area contributed by atoms with Crippen molar-refractivity contribution in [3.63, 3.8) is 0 Å². The monoisotopic (exact) mass is 429 g/mol. The highest BCUT2D eigenvalue weighted by atomic mass is 127. The zero-order chi connectivity index (χ0) is 12.8. The van der Waals surface area contributed by atoms with Crippen LogP contribution in [-0.4, -0.2) is 12.0 Å². The Morgan fingerprint density at radius 1 is 1.56 bits per heavy atom. The number of nitrogens with one attached hydrogen (secondary N) is 1. The van der Waals surface area contributed by atoms with Crippen molar-refractivity contribution in [3.8, 4) is 0 Å². The van der Waals surface area contributed by atoms with Gasteiger partial charge in [-0.25, -0.2) is 9.38 Å². The summed E-state index contributed by atoms with van der Waals surface area (Å²) in [6.07, 6.45) is 0.972. The largest absolute Gasteiger partial charge is 0.370 e. The molecule has 0 heterocycles. The van der Waals surface area contributed by atoms with E-state index in [1.54, 1.807) is 6.07 Å². The summed E-state index contributed by atoms with van der Waals surface area (Å²) in [5.74, 6) is 0.113. The van der Waals surface area contributed by atoms with Crippen LogP contribution < -0.4 is 11.1 Å². The first-order valence-corrected chi connectivity index (χ1v) is 6.32. The molecule has 1 aromatic rings. The molecule has 1 aromatic carbocycles. The van der Waals surface area contributed by atoms with E-state index in [9.17, 15) is 4.39 Å². The average molecular weight is 430 g/mol. The van der Waals surface area contributed by atoms with Gasteiger partial charge in [-0.2, -0.15) is 0 Å². The van der Waals surface area contributed by atoms with Crippen molar-refractivity contribution in [2.75, 3.05) is 0 Å². The highest BCUT2D eigenvalue weighted by molar-refractivity contribution is 14.0. The molecule has 0 spiro atoms. The van der Waals surface area contributed by atoms with Crippen molar-refractivity contribution in [2.24, 2.45) is 10.7 Å². The fourth-order valence-electron chi connectivity index (χ4n) is 1.23. The lowest BCUT2D eigenvalue weighted by Crippen LogP contribution is -2.38. The molecule has 3 N–H and O–H groups in total. The third-order valence-corrected chi connectivity index (χ3v) is 3.21. The van der Waals surface area contributed by atoms with Crippen LogP contribution in [0.2, 0.25) is 0 Å². The van der Waals surface area contributed by atoms with Gasteiger partial charge < -0.3 is 11.1 Å². The zero-order valence-corrected chi connectivity index (χ0v) is 14.3. The minimum Gasteiger partial charge on any atom is -0.370 e. The van der Waals surface area contributed by atoms with E-state index in [0.29, 0.717) is 12.5 Å². The minimum absolute atomic E-state index is 0. The van der Waals surface area contributed by atoms with Crippen molar-refractivity contribution >= 4 is 45.9 Å². The van der Waals surface area contributed by atoms with E-state index in [4.69, 9.17) is 5.73 Å². The van der Waals surface area contributed by atoms with Gasteiger partial charge in [0.25, 0.3) is 0 Å². The molecule has 0 radical (unpaired) electrons.